The van der Waals surface area contributed by atoms with E-state index in [0.717, 1.165) is 17.0 Å². The molecule has 0 saturated carbocycles. The quantitative estimate of drug-likeness (QED) is 0.390. The second-order valence-corrected chi connectivity index (χ2v) is 6.35. The monoisotopic (exact) mass is 460 g/mol. The third kappa shape index (κ3) is 5.40. The third-order valence-corrected chi connectivity index (χ3v) is 4.21. The lowest BCUT2D eigenvalue weighted by atomic mass is 10.1. The van der Waals surface area contributed by atoms with E-state index in [1.165, 1.54) is 43.5 Å². The van der Waals surface area contributed by atoms with Crippen molar-refractivity contribution in [2.24, 2.45) is 0 Å². The minimum atomic E-state index is -4.84. The van der Waals surface area contributed by atoms with E-state index in [1.807, 2.05) is 0 Å². The fourth-order valence-corrected chi connectivity index (χ4v) is 3.00. The summed E-state index contributed by atoms with van der Waals surface area (Å²) in [5.74, 6) is -1.20. The maximum atomic E-state index is 12.7. The number of nitrogens with zero attached hydrogens (tertiary/aromatic N) is 1. The van der Waals surface area contributed by atoms with E-state index >= 15 is 0 Å². The van der Waals surface area contributed by atoms with Crippen LogP contribution in [0, 0.1) is 0 Å². The maximum Gasteiger partial charge on any atom is 0.573 e. The van der Waals surface area contributed by atoms with Crippen LogP contribution in [0.1, 0.15) is 5.56 Å². The van der Waals surface area contributed by atoms with Crippen LogP contribution in [-0.2, 0) is 4.79 Å². The molecule has 3 rings (SSSR count). The number of methoxy groups -OCH3 is 1. The van der Waals surface area contributed by atoms with Gasteiger partial charge in [0.05, 0.1) is 12.8 Å². The summed E-state index contributed by atoms with van der Waals surface area (Å²) in [4.78, 5) is 13.8. The molecule has 1 aliphatic heterocycles. The Bertz CT molecular complexity index is 1020. The van der Waals surface area contributed by atoms with Gasteiger partial charge in [-0.15, -0.1) is 13.2 Å². The van der Waals surface area contributed by atoms with E-state index in [2.05, 4.69) is 14.8 Å². The molecule has 2 aromatic carbocycles. The van der Waals surface area contributed by atoms with Crippen molar-refractivity contribution in [1.82, 2.24) is 5.32 Å². The molecule has 0 aliphatic carbocycles. The highest BCUT2D eigenvalue weighted by atomic mass is 32.1. The molecule has 1 aliphatic rings. The Morgan fingerprint density at radius 1 is 1.10 bits per heavy atom. The van der Waals surface area contributed by atoms with E-state index in [-0.39, 0.29) is 28.0 Å². The lowest BCUT2D eigenvalue weighted by Gasteiger charge is -2.15. The number of amides is 1. The van der Waals surface area contributed by atoms with Crippen LogP contribution in [0.3, 0.4) is 0 Å². The van der Waals surface area contributed by atoms with Gasteiger partial charge >= 0.3 is 13.0 Å². The number of hydrogen-bond acceptors (Lipinski definition) is 5. The summed E-state index contributed by atoms with van der Waals surface area (Å²) in [7, 11) is 1.29. The zero-order valence-electron chi connectivity index (χ0n) is 15.6. The number of carbonyl (C=O) groups is 1. The fraction of sp³-hybridized carbons (Fsp3) is 0.158. The van der Waals surface area contributed by atoms with Crippen molar-refractivity contribution in [1.29, 1.82) is 0 Å². The molecular weight excluding hydrogens is 447 g/mol. The highest BCUT2D eigenvalue weighted by molar-refractivity contribution is 7.80. The summed E-state index contributed by atoms with van der Waals surface area (Å²) in [6.45, 7) is -3.07. The van der Waals surface area contributed by atoms with Gasteiger partial charge in [-0.1, -0.05) is 6.07 Å². The molecule has 1 saturated heterocycles. The average molecular weight is 460 g/mol. The van der Waals surface area contributed by atoms with Gasteiger partial charge in [-0.25, -0.2) is 0 Å². The number of hydrogen-bond donors (Lipinski definition) is 1. The van der Waals surface area contributed by atoms with Crippen LogP contribution < -0.4 is 24.4 Å². The van der Waals surface area contributed by atoms with Crippen LogP contribution in [0.5, 0.6) is 17.2 Å². The highest BCUT2D eigenvalue weighted by Crippen LogP contribution is 2.31. The number of rotatable bonds is 6. The average Bonchev–Trinajstić information content (AvgIpc) is 2.94. The summed E-state index contributed by atoms with van der Waals surface area (Å²) in [6, 6.07) is 8.69. The minimum absolute atomic E-state index is 0.0155. The van der Waals surface area contributed by atoms with Crippen LogP contribution in [0.4, 0.5) is 27.6 Å². The van der Waals surface area contributed by atoms with E-state index in [9.17, 15) is 26.7 Å². The molecule has 1 heterocycles. The zero-order chi connectivity index (χ0) is 22.8. The molecular formula is C19H13F5N2O4S. The number of nitrogens with one attached hydrogen (secondary N) is 1. The number of benzene rings is 2. The Kier molecular flexibility index (Phi) is 6.29. The molecule has 31 heavy (non-hydrogen) atoms. The highest BCUT2D eigenvalue weighted by Gasteiger charge is 2.33. The number of alkyl halides is 5. The van der Waals surface area contributed by atoms with E-state index in [4.69, 9.17) is 17.0 Å². The summed E-state index contributed by atoms with van der Waals surface area (Å²) in [5.41, 5.74) is 0.566. The van der Waals surface area contributed by atoms with Gasteiger partial charge in [-0.3, -0.25) is 9.69 Å². The smallest absolute Gasteiger partial charge is 0.493 e. The first-order chi connectivity index (χ1) is 14.6. The Labute approximate surface area is 177 Å². The van der Waals surface area contributed by atoms with Gasteiger partial charge in [-0.05, 0) is 60.3 Å². The number of halogens is 5. The maximum absolute atomic E-state index is 12.7. The zero-order valence-corrected chi connectivity index (χ0v) is 16.4. The van der Waals surface area contributed by atoms with E-state index in [0.29, 0.717) is 5.56 Å². The molecule has 12 heteroatoms. The van der Waals surface area contributed by atoms with Gasteiger partial charge in [0.2, 0.25) is 0 Å². The Morgan fingerprint density at radius 3 is 2.35 bits per heavy atom. The lowest BCUT2D eigenvalue weighted by Crippen LogP contribution is -2.30. The third-order valence-electron chi connectivity index (χ3n) is 3.92. The van der Waals surface area contributed by atoms with Crippen LogP contribution in [0.25, 0.3) is 6.08 Å². The van der Waals surface area contributed by atoms with E-state index in [1.54, 1.807) is 0 Å². The first-order valence-corrected chi connectivity index (χ1v) is 8.84. The van der Waals surface area contributed by atoms with Gasteiger partial charge in [-0.2, -0.15) is 8.78 Å². The number of thiocarbonyl (C=S) groups is 1. The predicted octanol–water partition coefficient (Wildman–Crippen LogP) is 4.46. The Hall–Kier alpha value is -3.41. The van der Waals surface area contributed by atoms with Crippen molar-refractivity contribution in [3.05, 3.63) is 53.7 Å². The number of carbonyl (C=O) groups excluding carboxylic acids is 1. The summed E-state index contributed by atoms with van der Waals surface area (Å²) >= 11 is 5.13. The predicted molar refractivity (Wildman–Crippen MR) is 104 cm³/mol. The molecule has 164 valence electrons. The molecule has 0 unspecified atom stereocenters. The molecule has 1 amide bonds. The first kappa shape index (κ1) is 22.3. The largest absolute Gasteiger partial charge is 0.573 e. The number of ether oxygens (including phenoxy) is 3. The summed E-state index contributed by atoms with van der Waals surface area (Å²) in [5, 5.41) is 2.66. The van der Waals surface area contributed by atoms with Crippen LogP contribution in [0.15, 0.2) is 48.2 Å². The van der Waals surface area contributed by atoms with Gasteiger partial charge < -0.3 is 19.5 Å². The molecule has 1 N–H and O–H groups in total. The fourth-order valence-electron chi connectivity index (χ4n) is 2.70. The molecule has 6 nitrogen and oxygen atoms in total. The minimum Gasteiger partial charge on any atom is -0.493 e. The molecule has 1 fully saturated rings. The van der Waals surface area contributed by atoms with Crippen LogP contribution in [-0.4, -0.2) is 31.1 Å². The van der Waals surface area contributed by atoms with Crippen molar-refractivity contribution in [3.8, 4) is 17.2 Å². The summed E-state index contributed by atoms with van der Waals surface area (Å²) in [6.07, 6.45) is -3.49. The standard InChI is InChI=1S/C19H13F5N2O4S/c1-28-14-7-2-10(9-15(14)29-17(20)21)8-13-16(27)26(18(31)25-13)11-3-5-12(6-4-11)30-19(22,23)24/h2-9,17H,1H3,(H,25,31)/b13-8-. The molecule has 0 aromatic heterocycles. The van der Waals surface area contributed by atoms with Gasteiger partial charge in [0, 0.05) is 0 Å². The molecule has 2 aromatic rings. The second-order valence-electron chi connectivity index (χ2n) is 5.96. The lowest BCUT2D eigenvalue weighted by molar-refractivity contribution is -0.274. The van der Waals surface area contributed by atoms with Crippen molar-refractivity contribution >= 4 is 35.0 Å². The Morgan fingerprint density at radius 2 is 1.77 bits per heavy atom. The van der Waals surface area contributed by atoms with Crippen LogP contribution in [0.2, 0.25) is 0 Å². The van der Waals surface area contributed by atoms with Gasteiger partial charge in [0.15, 0.2) is 16.6 Å². The van der Waals surface area contributed by atoms with Crippen molar-refractivity contribution in [2.45, 2.75) is 13.0 Å². The van der Waals surface area contributed by atoms with Crippen molar-refractivity contribution in [2.75, 3.05) is 12.0 Å². The molecule has 0 atom stereocenters. The number of anilines is 1. The first-order valence-electron chi connectivity index (χ1n) is 8.43. The normalized spacial score (nSPS) is 15.5. The topological polar surface area (TPSA) is 60.0 Å². The van der Waals surface area contributed by atoms with E-state index < -0.39 is 24.6 Å². The molecule has 0 radical (unpaired) electrons. The summed E-state index contributed by atoms with van der Waals surface area (Å²) < 4.78 is 75.2. The SMILES string of the molecule is COc1ccc(/C=C2\NC(=S)N(c3ccc(OC(F)(F)F)cc3)C2=O)cc1OC(F)F. The molecule has 0 spiro atoms. The van der Waals surface area contributed by atoms with Crippen molar-refractivity contribution in [3.63, 3.8) is 0 Å². The van der Waals surface area contributed by atoms with Gasteiger partial charge in [0.1, 0.15) is 11.4 Å². The second kappa shape index (κ2) is 8.76. The van der Waals surface area contributed by atoms with Gasteiger partial charge in [0.25, 0.3) is 5.91 Å². The van der Waals surface area contributed by atoms with Crippen molar-refractivity contribution < 1.29 is 41.0 Å². The Balaban J connectivity index is 1.84. The molecule has 0 bridgehead atoms. The van der Waals surface area contributed by atoms with Crippen LogP contribution >= 0.6 is 12.2 Å².